The van der Waals surface area contributed by atoms with Crippen molar-refractivity contribution in [3.05, 3.63) is 11.9 Å². The molecule has 0 spiro atoms. The fourth-order valence-electron chi connectivity index (χ4n) is 1.97. The maximum atomic E-state index is 11.9. The summed E-state index contributed by atoms with van der Waals surface area (Å²) in [7, 11) is 1.83. The maximum Gasteiger partial charge on any atom is 0.224 e. The molecule has 1 amide bonds. The van der Waals surface area contributed by atoms with Crippen molar-refractivity contribution in [1.82, 2.24) is 14.9 Å². The van der Waals surface area contributed by atoms with E-state index in [9.17, 15) is 4.79 Å². The Morgan fingerprint density at radius 2 is 1.86 bits per heavy atom. The van der Waals surface area contributed by atoms with Crippen LogP contribution in [0.25, 0.3) is 0 Å². The summed E-state index contributed by atoms with van der Waals surface area (Å²) in [6.07, 6.45) is 0.470. The van der Waals surface area contributed by atoms with E-state index in [1.54, 1.807) is 0 Å². The van der Waals surface area contributed by atoms with E-state index >= 15 is 0 Å². The van der Waals surface area contributed by atoms with E-state index in [4.69, 9.17) is 0 Å². The Morgan fingerprint density at radius 3 is 2.38 bits per heavy atom. The lowest BCUT2D eigenvalue weighted by molar-refractivity contribution is -0.130. The van der Waals surface area contributed by atoms with Crippen LogP contribution in [0, 0.1) is 0 Å². The van der Waals surface area contributed by atoms with Crippen LogP contribution in [0.2, 0.25) is 0 Å². The molecule has 118 valence electrons. The second-order valence-electron chi connectivity index (χ2n) is 5.14. The van der Waals surface area contributed by atoms with Crippen molar-refractivity contribution in [1.29, 1.82) is 0 Å². The molecule has 0 atom stereocenters. The van der Waals surface area contributed by atoms with E-state index in [0.29, 0.717) is 13.0 Å². The zero-order valence-corrected chi connectivity index (χ0v) is 13.7. The molecule has 0 aliphatic carbocycles. The topological polar surface area (TPSA) is 70.2 Å². The van der Waals surface area contributed by atoms with Crippen LogP contribution in [0.4, 0.5) is 11.6 Å². The number of nitrogens with one attached hydrogen (secondary N) is 2. The Bertz CT molecular complexity index is 457. The van der Waals surface area contributed by atoms with Crippen LogP contribution >= 0.6 is 0 Å². The minimum atomic E-state index is 0.166. The molecule has 0 saturated heterocycles. The van der Waals surface area contributed by atoms with Gasteiger partial charge in [0.2, 0.25) is 5.91 Å². The molecule has 0 aromatic carbocycles. The van der Waals surface area contributed by atoms with E-state index < -0.39 is 0 Å². The molecule has 6 heteroatoms. The van der Waals surface area contributed by atoms with Crippen LogP contribution in [0.15, 0.2) is 6.07 Å². The fourth-order valence-corrected chi connectivity index (χ4v) is 1.97. The first-order chi connectivity index (χ1) is 10.0. The first-order valence-electron chi connectivity index (χ1n) is 7.60. The second kappa shape index (κ2) is 8.44. The van der Waals surface area contributed by atoms with Crippen LogP contribution in [0.5, 0.6) is 0 Å². The first kappa shape index (κ1) is 17.2. The van der Waals surface area contributed by atoms with Gasteiger partial charge in [-0.15, -0.1) is 0 Å². The number of hydrogen-bond donors (Lipinski definition) is 2. The monoisotopic (exact) mass is 293 g/mol. The van der Waals surface area contributed by atoms with Crippen molar-refractivity contribution in [2.24, 2.45) is 0 Å². The molecule has 0 aliphatic heterocycles. The van der Waals surface area contributed by atoms with Gasteiger partial charge in [-0.2, -0.15) is 0 Å². The normalized spacial score (nSPS) is 10.6. The molecule has 1 aromatic heterocycles. The van der Waals surface area contributed by atoms with Gasteiger partial charge in [-0.3, -0.25) is 4.79 Å². The first-order valence-corrected chi connectivity index (χ1v) is 7.60. The highest BCUT2D eigenvalue weighted by molar-refractivity contribution is 5.76. The number of amides is 1. The number of rotatable bonds is 8. The number of hydrogen-bond acceptors (Lipinski definition) is 5. The third-order valence-electron chi connectivity index (χ3n) is 3.28. The molecule has 1 aromatic rings. The van der Waals surface area contributed by atoms with E-state index in [1.807, 2.05) is 31.9 Å². The molecular weight excluding hydrogens is 266 g/mol. The highest BCUT2D eigenvalue weighted by Gasteiger charge is 2.10. The van der Waals surface area contributed by atoms with Crippen LogP contribution in [0.1, 0.15) is 45.9 Å². The van der Waals surface area contributed by atoms with Crippen LogP contribution in [0.3, 0.4) is 0 Å². The molecule has 0 radical (unpaired) electrons. The lowest BCUT2D eigenvalue weighted by Gasteiger charge is -2.18. The number of aromatic nitrogens is 2. The van der Waals surface area contributed by atoms with Gasteiger partial charge in [0.05, 0.1) is 0 Å². The summed E-state index contributed by atoms with van der Waals surface area (Å²) in [6, 6.07) is 1.85. The molecule has 0 saturated carbocycles. The largest absolute Gasteiger partial charge is 0.373 e. The van der Waals surface area contributed by atoms with Crippen molar-refractivity contribution in [3.8, 4) is 0 Å². The molecule has 0 fully saturated rings. The van der Waals surface area contributed by atoms with Crippen LogP contribution < -0.4 is 10.6 Å². The van der Waals surface area contributed by atoms with Crippen molar-refractivity contribution < 1.29 is 4.79 Å². The van der Waals surface area contributed by atoms with Gasteiger partial charge < -0.3 is 15.5 Å². The maximum absolute atomic E-state index is 11.9. The number of nitrogens with zero attached hydrogens (tertiary/aromatic N) is 3. The van der Waals surface area contributed by atoms with Crippen molar-refractivity contribution in [2.75, 3.05) is 37.3 Å². The molecule has 1 heterocycles. The summed E-state index contributed by atoms with van der Waals surface area (Å²) in [5, 5.41) is 6.24. The van der Waals surface area contributed by atoms with E-state index in [2.05, 4.69) is 34.4 Å². The molecule has 2 N–H and O–H groups in total. The van der Waals surface area contributed by atoms with Gasteiger partial charge in [-0.25, -0.2) is 9.97 Å². The molecule has 0 aliphatic rings. The third-order valence-corrected chi connectivity index (χ3v) is 3.28. The molecule has 0 bridgehead atoms. The lowest BCUT2D eigenvalue weighted by Crippen LogP contribution is -2.31. The minimum absolute atomic E-state index is 0.166. The van der Waals surface area contributed by atoms with Crippen LogP contribution in [-0.2, 0) is 4.79 Å². The quantitative estimate of drug-likeness (QED) is 0.769. The molecule has 21 heavy (non-hydrogen) atoms. The summed E-state index contributed by atoms with van der Waals surface area (Å²) in [6.45, 7) is 10.2. The standard InChI is InChI=1S/C15H27N5O/c1-6-20(7-2)14(21)8-9-17-13-10-12(16-5)18-15(19-13)11(3)4/h10-11H,6-9H2,1-5H3,(H2,16,17,18,19). The summed E-state index contributed by atoms with van der Waals surface area (Å²) >= 11 is 0. The highest BCUT2D eigenvalue weighted by atomic mass is 16.2. The van der Waals surface area contributed by atoms with Crippen molar-refractivity contribution in [2.45, 2.75) is 40.0 Å². The Morgan fingerprint density at radius 1 is 1.24 bits per heavy atom. The van der Waals surface area contributed by atoms with Gasteiger partial charge in [0.1, 0.15) is 17.5 Å². The highest BCUT2D eigenvalue weighted by Crippen LogP contribution is 2.16. The van der Waals surface area contributed by atoms with E-state index in [0.717, 1.165) is 30.5 Å². The zero-order valence-electron chi connectivity index (χ0n) is 13.7. The second-order valence-corrected chi connectivity index (χ2v) is 5.14. The number of carbonyl (C=O) groups is 1. The fraction of sp³-hybridized carbons (Fsp3) is 0.667. The van der Waals surface area contributed by atoms with Gasteiger partial charge in [0.25, 0.3) is 0 Å². The molecule has 0 unspecified atom stereocenters. The number of anilines is 2. The smallest absolute Gasteiger partial charge is 0.224 e. The Balaban J connectivity index is 2.63. The SMILES string of the molecule is CCN(CC)C(=O)CCNc1cc(NC)nc(C(C)C)n1. The Hall–Kier alpha value is -1.85. The molecule has 1 rings (SSSR count). The van der Waals surface area contributed by atoms with E-state index in [1.165, 1.54) is 0 Å². The summed E-state index contributed by atoms with van der Waals surface area (Å²) in [4.78, 5) is 22.7. The van der Waals surface area contributed by atoms with Crippen molar-refractivity contribution in [3.63, 3.8) is 0 Å². The average molecular weight is 293 g/mol. The van der Waals surface area contributed by atoms with Gasteiger partial charge in [-0.1, -0.05) is 13.8 Å². The van der Waals surface area contributed by atoms with Gasteiger partial charge in [0, 0.05) is 45.1 Å². The molecular formula is C15H27N5O. The third kappa shape index (κ3) is 5.21. The predicted octanol–water partition coefficient (Wildman–Crippen LogP) is 2.31. The Kier molecular flexibility index (Phi) is 6.91. The Labute approximate surface area is 127 Å². The summed E-state index contributed by atoms with van der Waals surface area (Å²) in [5.41, 5.74) is 0. The lowest BCUT2D eigenvalue weighted by atomic mass is 10.2. The van der Waals surface area contributed by atoms with E-state index in [-0.39, 0.29) is 11.8 Å². The van der Waals surface area contributed by atoms with Gasteiger partial charge >= 0.3 is 0 Å². The predicted molar refractivity (Wildman–Crippen MR) is 86.7 cm³/mol. The number of carbonyl (C=O) groups excluding carboxylic acids is 1. The van der Waals surface area contributed by atoms with Crippen molar-refractivity contribution >= 4 is 17.5 Å². The molecule has 6 nitrogen and oxygen atoms in total. The van der Waals surface area contributed by atoms with Crippen LogP contribution in [-0.4, -0.2) is 47.5 Å². The van der Waals surface area contributed by atoms with Gasteiger partial charge in [-0.05, 0) is 13.8 Å². The summed E-state index contributed by atoms with van der Waals surface area (Å²) in [5.74, 6) is 2.76. The minimum Gasteiger partial charge on any atom is -0.373 e. The van der Waals surface area contributed by atoms with Gasteiger partial charge in [0.15, 0.2) is 0 Å². The summed E-state index contributed by atoms with van der Waals surface area (Å²) < 4.78 is 0. The average Bonchev–Trinajstić information content (AvgIpc) is 2.48. The zero-order chi connectivity index (χ0) is 15.8.